The quantitative estimate of drug-likeness (QED) is 0.456. The molecule has 4 rings (SSSR count). The lowest BCUT2D eigenvalue weighted by molar-refractivity contribution is -0.173. The highest BCUT2D eigenvalue weighted by molar-refractivity contribution is 5.98. The van der Waals surface area contributed by atoms with Gasteiger partial charge in [-0.05, 0) is 24.1 Å². The van der Waals surface area contributed by atoms with Crippen molar-refractivity contribution in [2.45, 2.75) is 37.6 Å². The molecule has 0 aliphatic carbocycles. The Morgan fingerprint density at radius 2 is 2.03 bits per heavy atom. The number of alkyl halides is 3. The van der Waals surface area contributed by atoms with Crippen molar-refractivity contribution in [3.63, 3.8) is 0 Å². The van der Waals surface area contributed by atoms with Gasteiger partial charge in [-0.15, -0.1) is 0 Å². The number of amides is 1. The first-order valence-electron chi connectivity index (χ1n) is 9.73. The van der Waals surface area contributed by atoms with E-state index >= 15 is 0 Å². The second-order valence-electron chi connectivity index (χ2n) is 7.30. The van der Waals surface area contributed by atoms with Crippen LogP contribution in [0.4, 0.5) is 23.4 Å². The Bertz CT molecular complexity index is 1030. The summed E-state index contributed by atoms with van der Waals surface area (Å²) in [6.45, 7) is 0.985. The number of hydrogen-bond donors (Lipinski definition) is 2. The Morgan fingerprint density at radius 1 is 1.26 bits per heavy atom. The molecule has 1 aromatic carbocycles. The Hall–Kier alpha value is -3.37. The van der Waals surface area contributed by atoms with Crippen molar-refractivity contribution in [2.75, 3.05) is 11.9 Å². The molecule has 1 aliphatic rings. The normalized spacial score (nSPS) is 18.3. The number of benzene rings is 1. The fraction of sp³-hybridized carbons (Fsp3) is 0.350. The smallest absolute Gasteiger partial charge is 0.363 e. The number of carbonyl (C=O) groups is 1. The lowest BCUT2D eigenvalue weighted by Gasteiger charge is -2.34. The number of carbonyl (C=O) groups excluding carboxylic acids is 1. The first kappa shape index (κ1) is 20.9. The number of anilines is 1. The molecule has 0 unspecified atom stereocenters. The van der Waals surface area contributed by atoms with Crippen LogP contribution in [0.5, 0.6) is 0 Å². The highest BCUT2D eigenvalue weighted by Crippen LogP contribution is 2.44. The first-order chi connectivity index (χ1) is 14.8. The summed E-state index contributed by atoms with van der Waals surface area (Å²) in [7, 11) is 0. The predicted molar refractivity (Wildman–Crippen MR) is 104 cm³/mol. The molecule has 31 heavy (non-hydrogen) atoms. The molecule has 1 aliphatic heterocycles. The minimum absolute atomic E-state index is 0.00462. The molecular formula is C20H20F4N6O. The van der Waals surface area contributed by atoms with Gasteiger partial charge in [0.2, 0.25) is 0 Å². The molecule has 0 bridgehead atoms. The van der Waals surface area contributed by atoms with Crippen LogP contribution in [0.3, 0.4) is 0 Å². The van der Waals surface area contributed by atoms with Gasteiger partial charge in [0.05, 0.1) is 18.6 Å². The lowest BCUT2D eigenvalue weighted by Crippen LogP contribution is -2.36. The predicted octanol–water partition coefficient (Wildman–Crippen LogP) is 3.70. The average molecular weight is 436 g/mol. The van der Waals surface area contributed by atoms with Gasteiger partial charge in [0.25, 0.3) is 5.91 Å². The van der Waals surface area contributed by atoms with Gasteiger partial charge in [0.15, 0.2) is 6.04 Å². The summed E-state index contributed by atoms with van der Waals surface area (Å²) in [5.74, 6) is -0.997. The van der Waals surface area contributed by atoms with Crippen LogP contribution >= 0.6 is 0 Å². The fourth-order valence-electron chi connectivity index (χ4n) is 3.62. The van der Waals surface area contributed by atoms with E-state index in [0.29, 0.717) is 25.1 Å². The molecule has 0 saturated carbocycles. The molecule has 0 spiro atoms. The summed E-state index contributed by atoms with van der Waals surface area (Å²) < 4.78 is 57.0. The number of nitrogens with one attached hydrogen (secondary N) is 2. The zero-order chi connectivity index (χ0) is 22.0. The largest absolute Gasteiger partial charge is 0.410 e. The van der Waals surface area contributed by atoms with E-state index in [1.807, 2.05) is 4.57 Å². The van der Waals surface area contributed by atoms with Crippen molar-refractivity contribution in [1.29, 1.82) is 0 Å². The van der Waals surface area contributed by atoms with Gasteiger partial charge in [-0.2, -0.15) is 18.3 Å². The SMILES string of the molecule is O=C(NCCCn1ccnc1)c1cnn2c1N[C@@H](c1ccc(F)cc1)C[C@H]2C(F)(F)F. The summed E-state index contributed by atoms with van der Waals surface area (Å²) in [5, 5.41) is 9.54. The van der Waals surface area contributed by atoms with Crippen LogP contribution in [-0.4, -0.2) is 38.0 Å². The molecule has 0 saturated heterocycles. The first-order valence-corrected chi connectivity index (χ1v) is 9.73. The third kappa shape index (κ3) is 4.54. The summed E-state index contributed by atoms with van der Waals surface area (Å²) >= 11 is 0. The van der Waals surface area contributed by atoms with E-state index in [4.69, 9.17) is 0 Å². The Labute approximate surface area is 175 Å². The molecule has 164 valence electrons. The standard InChI is InChI=1S/C20H20F4N6O/c21-14-4-2-13(3-5-14)16-10-17(20(22,23)24)30-18(28-16)15(11-27-30)19(31)26-6-1-8-29-9-7-25-12-29/h2-5,7,9,11-12,16-17,28H,1,6,8,10H2,(H,26,31)/t16-,17+/m1/s1. The van der Waals surface area contributed by atoms with Gasteiger partial charge < -0.3 is 15.2 Å². The molecule has 3 aromatic rings. The number of aryl methyl sites for hydroxylation is 1. The van der Waals surface area contributed by atoms with Gasteiger partial charge in [0, 0.05) is 31.9 Å². The van der Waals surface area contributed by atoms with Crippen molar-refractivity contribution >= 4 is 11.7 Å². The van der Waals surface area contributed by atoms with Crippen molar-refractivity contribution in [3.8, 4) is 0 Å². The van der Waals surface area contributed by atoms with Crippen LogP contribution in [0, 0.1) is 5.82 Å². The van der Waals surface area contributed by atoms with Crippen LogP contribution in [0.2, 0.25) is 0 Å². The van der Waals surface area contributed by atoms with E-state index in [9.17, 15) is 22.4 Å². The topological polar surface area (TPSA) is 76.8 Å². The molecule has 2 atom stereocenters. The Balaban J connectivity index is 1.51. The third-order valence-electron chi connectivity index (χ3n) is 5.19. The van der Waals surface area contributed by atoms with E-state index < -0.39 is 30.0 Å². The maximum atomic E-state index is 13.7. The van der Waals surface area contributed by atoms with E-state index in [-0.39, 0.29) is 17.8 Å². The number of hydrogen-bond acceptors (Lipinski definition) is 4. The van der Waals surface area contributed by atoms with Crippen molar-refractivity contribution in [1.82, 2.24) is 24.6 Å². The minimum Gasteiger partial charge on any atom is -0.363 e. The molecule has 0 radical (unpaired) electrons. The minimum atomic E-state index is -4.56. The lowest BCUT2D eigenvalue weighted by atomic mass is 9.96. The van der Waals surface area contributed by atoms with Crippen LogP contribution in [0.1, 0.15) is 40.8 Å². The number of nitrogens with zero attached hydrogens (tertiary/aromatic N) is 4. The molecule has 11 heteroatoms. The maximum absolute atomic E-state index is 13.7. The molecule has 7 nitrogen and oxygen atoms in total. The van der Waals surface area contributed by atoms with Crippen LogP contribution in [0.15, 0.2) is 49.2 Å². The average Bonchev–Trinajstić information content (AvgIpc) is 3.40. The Morgan fingerprint density at radius 3 is 2.71 bits per heavy atom. The van der Waals surface area contributed by atoms with E-state index in [1.165, 1.54) is 24.3 Å². The summed E-state index contributed by atoms with van der Waals surface area (Å²) in [5.41, 5.74) is 0.526. The highest BCUT2D eigenvalue weighted by Gasteiger charge is 2.47. The fourth-order valence-corrected chi connectivity index (χ4v) is 3.62. The summed E-state index contributed by atoms with van der Waals surface area (Å²) in [6, 6.07) is 2.61. The summed E-state index contributed by atoms with van der Waals surface area (Å²) in [4.78, 5) is 16.6. The number of halogens is 4. The molecule has 3 heterocycles. The number of imidazole rings is 1. The number of rotatable bonds is 6. The van der Waals surface area contributed by atoms with E-state index in [1.54, 1.807) is 18.7 Å². The van der Waals surface area contributed by atoms with Crippen LogP contribution in [0.25, 0.3) is 0 Å². The van der Waals surface area contributed by atoms with Crippen molar-refractivity contribution in [3.05, 3.63) is 66.1 Å². The molecular weight excluding hydrogens is 416 g/mol. The zero-order valence-electron chi connectivity index (χ0n) is 16.3. The molecule has 2 aromatic heterocycles. The monoisotopic (exact) mass is 436 g/mol. The molecule has 2 N–H and O–H groups in total. The maximum Gasteiger partial charge on any atom is 0.410 e. The van der Waals surface area contributed by atoms with Gasteiger partial charge >= 0.3 is 6.18 Å². The molecule has 1 amide bonds. The summed E-state index contributed by atoms with van der Waals surface area (Å²) in [6.07, 6.45) is 1.99. The second-order valence-corrected chi connectivity index (χ2v) is 7.30. The van der Waals surface area contributed by atoms with Gasteiger partial charge in [0.1, 0.15) is 17.2 Å². The van der Waals surface area contributed by atoms with Crippen molar-refractivity contribution < 1.29 is 22.4 Å². The highest BCUT2D eigenvalue weighted by atomic mass is 19.4. The van der Waals surface area contributed by atoms with Crippen LogP contribution in [-0.2, 0) is 6.54 Å². The van der Waals surface area contributed by atoms with E-state index in [2.05, 4.69) is 20.7 Å². The zero-order valence-corrected chi connectivity index (χ0v) is 16.3. The molecule has 0 fully saturated rings. The second kappa shape index (κ2) is 8.40. The van der Waals surface area contributed by atoms with Gasteiger partial charge in [-0.3, -0.25) is 4.79 Å². The van der Waals surface area contributed by atoms with Crippen LogP contribution < -0.4 is 10.6 Å². The number of aromatic nitrogens is 4. The van der Waals surface area contributed by atoms with Gasteiger partial charge in [-0.25, -0.2) is 14.1 Å². The van der Waals surface area contributed by atoms with E-state index in [0.717, 1.165) is 10.9 Å². The van der Waals surface area contributed by atoms with Gasteiger partial charge in [-0.1, -0.05) is 12.1 Å². The number of fused-ring (bicyclic) bond motifs is 1. The van der Waals surface area contributed by atoms with Crippen molar-refractivity contribution in [2.24, 2.45) is 0 Å². The Kier molecular flexibility index (Phi) is 5.66. The third-order valence-corrected chi connectivity index (χ3v) is 5.19.